The second-order valence-corrected chi connectivity index (χ2v) is 2.76. The maximum atomic E-state index is 5.80. The summed E-state index contributed by atoms with van der Waals surface area (Å²) in [6.45, 7) is 5.57. The van der Waals surface area contributed by atoms with E-state index in [1.54, 1.807) is 12.1 Å². The Bertz CT molecular complexity index is 430. The summed E-state index contributed by atoms with van der Waals surface area (Å²) in [5, 5.41) is 1.91. The van der Waals surface area contributed by atoms with Gasteiger partial charge in [0.05, 0.1) is 0 Å². The molecular weight excluding hydrogens is 160 g/mol. The smallest absolute Gasteiger partial charge is 0.0395 e. The molecule has 13 heavy (non-hydrogen) atoms. The maximum absolute atomic E-state index is 5.80. The second-order valence-electron chi connectivity index (χ2n) is 2.76. The van der Waals surface area contributed by atoms with Crippen molar-refractivity contribution in [1.29, 1.82) is 0 Å². The van der Waals surface area contributed by atoms with Crippen LogP contribution in [0.2, 0.25) is 0 Å². The third kappa shape index (κ3) is 1.72. The number of nitrogens with two attached hydrogens (primary N) is 2. The van der Waals surface area contributed by atoms with E-state index in [9.17, 15) is 0 Å². The van der Waals surface area contributed by atoms with Crippen LogP contribution in [0.25, 0.3) is 12.2 Å². The van der Waals surface area contributed by atoms with E-state index in [0.29, 0.717) is 0 Å². The molecule has 0 amide bonds. The highest BCUT2D eigenvalue weighted by Crippen LogP contribution is 1.95. The number of nitrogen functional groups attached to an aromatic ring is 2. The standard InChI is InChI=1S/C11H14N2/c1-3-5-9-8(4-2)10(12)6-7-11(9)13/h3-7H,1,12-13H2,2H3/b8-4+,9-5+. The molecule has 0 radical (unpaired) electrons. The first-order valence-corrected chi connectivity index (χ1v) is 4.13. The molecule has 0 saturated heterocycles. The lowest BCUT2D eigenvalue weighted by Gasteiger charge is -1.99. The molecule has 1 rings (SSSR count). The Balaban J connectivity index is 3.75. The van der Waals surface area contributed by atoms with Crippen LogP contribution in [0.4, 0.5) is 11.4 Å². The van der Waals surface area contributed by atoms with Crippen LogP contribution in [0.3, 0.4) is 0 Å². The first-order valence-electron chi connectivity index (χ1n) is 4.13. The molecule has 0 unspecified atom stereocenters. The van der Waals surface area contributed by atoms with Gasteiger partial charge in [-0.2, -0.15) is 0 Å². The van der Waals surface area contributed by atoms with E-state index in [1.807, 2.05) is 25.1 Å². The fraction of sp³-hybridized carbons (Fsp3) is 0.0909. The highest BCUT2D eigenvalue weighted by molar-refractivity contribution is 5.58. The normalized spacial score (nSPS) is 13.3. The van der Waals surface area contributed by atoms with Gasteiger partial charge in [-0.05, 0) is 19.1 Å². The molecule has 0 aliphatic rings. The van der Waals surface area contributed by atoms with Crippen molar-refractivity contribution in [2.45, 2.75) is 6.92 Å². The summed E-state index contributed by atoms with van der Waals surface area (Å²) in [7, 11) is 0. The van der Waals surface area contributed by atoms with E-state index in [-0.39, 0.29) is 0 Å². The van der Waals surface area contributed by atoms with Crippen LogP contribution in [-0.2, 0) is 0 Å². The van der Waals surface area contributed by atoms with Gasteiger partial charge in [-0.15, -0.1) is 0 Å². The Morgan fingerprint density at radius 1 is 1.15 bits per heavy atom. The molecule has 1 aromatic carbocycles. The van der Waals surface area contributed by atoms with Crippen molar-refractivity contribution in [3.63, 3.8) is 0 Å². The van der Waals surface area contributed by atoms with E-state index in [4.69, 9.17) is 11.5 Å². The molecule has 2 heteroatoms. The fourth-order valence-corrected chi connectivity index (χ4v) is 1.30. The van der Waals surface area contributed by atoms with Crippen LogP contribution >= 0.6 is 0 Å². The van der Waals surface area contributed by atoms with Gasteiger partial charge in [0.1, 0.15) is 0 Å². The average Bonchev–Trinajstić information content (AvgIpc) is 2.12. The van der Waals surface area contributed by atoms with Gasteiger partial charge in [-0.1, -0.05) is 24.8 Å². The van der Waals surface area contributed by atoms with Gasteiger partial charge in [0.2, 0.25) is 0 Å². The molecule has 0 atom stereocenters. The summed E-state index contributed by atoms with van der Waals surface area (Å²) in [4.78, 5) is 0. The Morgan fingerprint density at radius 2 is 1.69 bits per heavy atom. The summed E-state index contributed by atoms with van der Waals surface area (Å²) in [6, 6.07) is 3.61. The highest BCUT2D eigenvalue weighted by Gasteiger charge is 1.93. The highest BCUT2D eigenvalue weighted by atomic mass is 14.6. The molecule has 0 saturated carbocycles. The van der Waals surface area contributed by atoms with Gasteiger partial charge < -0.3 is 11.5 Å². The number of hydrogen-bond acceptors (Lipinski definition) is 2. The van der Waals surface area contributed by atoms with Crippen molar-refractivity contribution in [3.8, 4) is 0 Å². The molecular formula is C11H14N2. The van der Waals surface area contributed by atoms with E-state index in [2.05, 4.69) is 6.58 Å². The van der Waals surface area contributed by atoms with Crippen LogP contribution in [0.15, 0.2) is 24.8 Å². The molecule has 0 aliphatic heterocycles. The molecule has 4 N–H and O–H groups in total. The van der Waals surface area contributed by atoms with E-state index in [1.165, 1.54) is 0 Å². The lowest BCUT2D eigenvalue weighted by Crippen LogP contribution is -2.29. The van der Waals surface area contributed by atoms with Crippen molar-refractivity contribution >= 4 is 23.5 Å². The summed E-state index contributed by atoms with van der Waals surface area (Å²) in [5.74, 6) is 0. The minimum absolute atomic E-state index is 0.724. The Kier molecular flexibility index (Phi) is 2.75. The van der Waals surface area contributed by atoms with Crippen LogP contribution in [-0.4, -0.2) is 0 Å². The maximum Gasteiger partial charge on any atom is 0.0395 e. The molecule has 0 aliphatic carbocycles. The largest absolute Gasteiger partial charge is 0.398 e. The molecule has 2 nitrogen and oxygen atoms in total. The van der Waals surface area contributed by atoms with Crippen molar-refractivity contribution < 1.29 is 0 Å². The zero-order chi connectivity index (χ0) is 9.84. The number of rotatable bonds is 1. The minimum atomic E-state index is 0.724. The van der Waals surface area contributed by atoms with Crippen molar-refractivity contribution in [3.05, 3.63) is 35.2 Å². The third-order valence-corrected chi connectivity index (χ3v) is 1.93. The van der Waals surface area contributed by atoms with E-state index in [0.717, 1.165) is 21.8 Å². The van der Waals surface area contributed by atoms with Crippen LogP contribution in [0, 0.1) is 0 Å². The summed E-state index contributed by atoms with van der Waals surface area (Å²) in [5.41, 5.74) is 13.1. The zero-order valence-corrected chi connectivity index (χ0v) is 7.75. The number of anilines is 2. The monoisotopic (exact) mass is 174 g/mol. The van der Waals surface area contributed by atoms with Gasteiger partial charge in [0.15, 0.2) is 0 Å². The SMILES string of the molecule is C=C/C=c1/c(N)ccc(N)/c1=C/C. The summed E-state index contributed by atoms with van der Waals surface area (Å²) in [6.07, 6.45) is 5.51. The molecule has 0 aromatic heterocycles. The average molecular weight is 174 g/mol. The molecule has 0 heterocycles. The van der Waals surface area contributed by atoms with Gasteiger partial charge in [-0.3, -0.25) is 0 Å². The number of allylic oxidation sites excluding steroid dienone is 1. The third-order valence-electron chi connectivity index (χ3n) is 1.93. The molecule has 68 valence electrons. The fourth-order valence-electron chi connectivity index (χ4n) is 1.30. The van der Waals surface area contributed by atoms with Gasteiger partial charge in [0, 0.05) is 21.8 Å². The molecule has 0 bridgehead atoms. The first kappa shape index (κ1) is 9.39. The number of hydrogen-bond donors (Lipinski definition) is 2. The Morgan fingerprint density at radius 3 is 2.15 bits per heavy atom. The molecule has 0 spiro atoms. The number of benzene rings is 1. The first-order chi connectivity index (χ1) is 6.20. The van der Waals surface area contributed by atoms with Crippen LogP contribution in [0.5, 0.6) is 0 Å². The van der Waals surface area contributed by atoms with E-state index < -0.39 is 0 Å². The lowest BCUT2D eigenvalue weighted by atomic mass is 10.1. The second kappa shape index (κ2) is 3.81. The van der Waals surface area contributed by atoms with E-state index >= 15 is 0 Å². The molecule has 0 fully saturated rings. The van der Waals surface area contributed by atoms with Gasteiger partial charge >= 0.3 is 0 Å². The predicted octanol–water partition coefficient (Wildman–Crippen LogP) is 0.618. The minimum Gasteiger partial charge on any atom is -0.398 e. The van der Waals surface area contributed by atoms with Gasteiger partial charge in [0.25, 0.3) is 0 Å². The quantitative estimate of drug-likeness (QED) is 0.613. The van der Waals surface area contributed by atoms with Crippen molar-refractivity contribution in [2.75, 3.05) is 11.5 Å². The summed E-state index contributed by atoms with van der Waals surface area (Å²) < 4.78 is 0. The van der Waals surface area contributed by atoms with Crippen LogP contribution in [0.1, 0.15) is 6.92 Å². The topological polar surface area (TPSA) is 52.0 Å². The van der Waals surface area contributed by atoms with Gasteiger partial charge in [-0.25, -0.2) is 0 Å². The van der Waals surface area contributed by atoms with Crippen molar-refractivity contribution in [2.24, 2.45) is 0 Å². The Labute approximate surface area is 77.9 Å². The zero-order valence-electron chi connectivity index (χ0n) is 7.75. The Hall–Kier alpha value is -1.70. The summed E-state index contributed by atoms with van der Waals surface area (Å²) >= 11 is 0. The van der Waals surface area contributed by atoms with Crippen molar-refractivity contribution in [1.82, 2.24) is 0 Å². The predicted molar refractivity (Wildman–Crippen MR) is 59.3 cm³/mol. The van der Waals surface area contributed by atoms with Crippen LogP contribution < -0.4 is 21.9 Å². The lowest BCUT2D eigenvalue weighted by molar-refractivity contribution is 1.50. The molecule has 1 aromatic rings.